The molecule has 1 aliphatic rings. The Kier molecular flexibility index (Phi) is 4.21. The number of thiophene rings is 1. The van der Waals surface area contributed by atoms with E-state index < -0.39 is 0 Å². The Balaban J connectivity index is 1.66. The molecule has 3 aromatic rings. The van der Waals surface area contributed by atoms with E-state index in [4.69, 9.17) is 9.47 Å². The van der Waals surface area contributed by atoms with E-state index in [1.807, 2.05) is 17.5 Å². The first kappa shape index (κ1) is 16.7. The summed E-state index contributed by atoms with van der Waals surface area (Å²) in [4.78, 5) is 30.7. The van der Waals surface area contributed by atoms with E-state index in [1.54, 1.807) is 30.4 Å². The lowest BCUT2D eigenvalue weighted by molar-refractivity contribution is 0.101. The van der Waals surface area contributed by atoms with Crippen molar-refractivity contribution < 1.29 is 19.1 Å². The summed E-state index contributed by atoms with van der Waals surface area (Å²) in [7, 11) is 0. The van der Waals surface area contributed by atoms with Crippen molar-refractivity contribution in [2.45, 2.75) is 13.8 Å². The highest BCUT2D eigenvalue weighted by Gasteiger charge is 2.22. The summed E-state index contributed by atoms with van der Waals surface area (Å²) in [5.74, 6) is 0.538. The first-order valence-corrected chi connectivity index (χ1v) is 9.50. The van der Waals surface area contributed by atoms with Crippen molar-refractivity contribution in [1.82, 2.24) is 4.98 Å². The van der Waals surface area contributed by atoms with Crippen LogP contribution in [-0.4, -0.2) is 23.5 Å². The number of fused-ring (bicyclic) bond motifs is 1. The fraction of sp³-hybridized carbons (Fsp3) is 0.167. The number of nitrogens with zero attached hydrogens (tertiary/aromatic N) is 1. The molecule has 6 nitrogen and oxygen atoms in total. The zero-order valence-corrected chi connectivity index (χ0v) is 15.6. The highest BCUT2D eigenvalue weighted by Crippen LogP contribution is 2.38. The first-order valence-electron chi connectivity index (χ1n) is 7.80. The van der Waals surface area contributed by atoms with E-state index in [0.717, 1.165) is 9.88 Å². The molecule has 0 spiro atoms. The van der Waals surface area contributed by atoms with Gasteiger partial charge in [0.1, 0.15) is 9.88 Å². The Labute approximate surface area is 157 Å². The molecule has 3 heterocycles. The molecule has 0 saturated heterocycles. The lowest BCUT2D eigenvalue weighted by Gasteiger charge is -2.10. The number of thiazole rings is 1. The molecule has 1 amide bonds. The van der Waals surface area contributed by atoms with Gasteiger partial charge in [0.15, 0.2) is 17.3 Å². The summed E-state index contributed by atoms with van der Waals surface area (Å²) in [6.45, 7) is 3.34. The van der Waals surface area contributed by atoms with E-state index >= 15 is 0 Å². The maximum absolute atomic E-state index is 12.8. The third-order valence-corrected chi connectivity index (χ3v) is 6.07. The number of carbonyl (C=O) groups is 2. The smallest absolute Gasteiger partial charge is 0.267 e. The van der Waals surface area contributed by atoms with Crippen molar-refractivity contribution in [3.05, 3.63) is 45.8 Å². The number of Topliss-reactive ketones (excluding diaryl/α,β-unsaturated/α-hetero) is 1. The summed E-state index contributed by atoms with van der Waals surface area (Å²) in [6.07, 6.45) is 0. The van der Waals surface area contributed by atoms with Gasteiger partial charge in [0.25, 0.3) is 5.91 Å². The van der Waals surface area contributed by atoms with Crippen LogP contribution < -0.4 is 14.8 Å². The largest absolute Gasteiger partial charge is 0.454 e. The number of ether oxygens (including phenoxy) is 2. The van der Waals surface area contributed by atoms with Crippen LogP contribution in [0.1, 0.15) is 32.6 Å². The molecule has 0 fully saturated rings. The van der Waals surface area contributed by atoms with Crippen molar-refractivity contribution >= 4 is 40.1 Å². The normalized spacial score (nSPS) is 12.2. The molecule has 1 aliphatic heterocycles. The summed E-state index contributed by atoms with van der Waals surface area (Å²) < 4.78 is 10.6. The van der Waals surface area contributed by atoms with Crippen LogP contribution >= 0.6 is 22.7 Å². The Morgan fingerprint density at radius 1 is 1.23 bits per heavy atom. The minimum Gasteiger partial charge on any atom is -0.454 e. The van der Waals surface area contributed by atoms with Gasteiger partial charge in [-0.1, -0.05) is 6.07 Å². The van der Waals surface area contributed by atoms with Gasteiger partial charge in [0.2, 0.25) is 6.79 Å². The van der Waals surface area contributed by atoms with Gasteiger partial charge in [0, 0.05) is 11.6 Å². The number of hydrogen-bond donors (Lipinski definition) is 1. The number of anilines is 1. The fourth-order valence-corrected chi connectivity index (χ4v) is 4.39. The zero-order chi connectivity index (χ0) is 18.3. The van der Waals surface area contributed by atoms with E-state index in [-0.39, 0.29) is 18.5 Å². The van der Waals surface area contributed by atoms with Crippen LogP contribution in [0.15, 0.2) is 29.6 Å². The van der Waals surface area contributed by atoms with Crippen LogP contribution in [-0.2, 0) is 0 Å². The van der Waals surface area contributed by atoms with Gasteiger partial charge in [-0.2, -0.15) is 0 Å². The fourth-order valence-electron chi connectivity index (χ4n) is 2.63. The third-order valence-electron chi connectivity index (χ3n) is 3.88. The van der Waals surface area contributed by atoms with Crippen LogP contribution in [0.4, 0.5) is 5.69 Å². The first-order chi connectivity index (χ1) is 12.5. The molecule has 26 heavy (non-hydrogen) atoms. The molecule has 132 valence electrons. The van der Waals surface area contributed by atoms with Gasteiger partial charge >= 0.3 is 0 Å². The second kappa shape index (κ2) is 6.54. The van der Waals surface area contributed by atoms with Crippen LogP contribution in [0.25, 0.3) is 9.88 Å². The molecule has 0 saturated carbocycles. The van der Waals surface area contributed by atoms with Gasteiger partial charge in [0.05, 0.1) is 16.3 Å². The molecule has 0 bridgehead atoms. The lowest BCUT2D eigenvalue weighted by atomic mass is 10.1. The number of ketones is 1. The topological polar surface area (TPSA) is 77.5 Å². The van der Waals surface area contributed by atoms with Crippen molar-refractivity contribution in [1.29, 1.82) is 0 Å². The van der Waals surface area contributed by atoms with Crippen LogP contribution in [0.2, 0.25) is 0 Å². The number of carbonyl (C=O) groups excluding carboxylic acids is 2. The summed E-state index contributed by atoms with van der Waals surface area (Å²) in [5.41, 5.74) is 1.43. The number of rotatable bonds is 4. The van der Waals surface area contributed by atoms with Crippen molar-refractivity contribution in [3.63, 3.8) is 0 Å². The predicted molar refractivity (Wildman–Crippen MR) is 101 cm³/mol. The number of benzene rings is 1. The second-order valence-corrected chi connectivity index (χ2v) is 7.62. The molecular weight excluding hydrogens is 372 g/mol. The number of aromatic nitrogens is 1. The van der Waals surface area contributed by atoms with Gasteiger partial charge < -0.3 is 14.8 Å². The molecule has 1 aromatic carbocycles. The van der Waals surface area contributed by atoms with Crippen molar-refractivity contribution in [2.75, 3.05) is 12.1 Å². The zero-order valence-electron chi connectivity index (χ0n) is 14.0. The highest BCUT2D eigenvalue weighted by atomic mass is 32.1. The molecular formula is C18H14N2O4S2. The molecule has 0 radical (unpaired) electrons. The average molecular weight is 386 g/mol. The third kappa shape index (κ3) is 2.97. The quantitative estimate of drug-likeness (QED) is 0.674. The molecule has 1 N–H and O–H groups in total. The standard InChI is InChI=1S/C18H14N2O4S2/c1-9-16(26-18(19-9)15-4-3-5-25-15)17(22)20-12-7-14-13(23-8-24-14)6-11(12)10(2)21/h3-7H,8H2,1-2H3,(H,20,22). The van der Waals surface area contributed by atoms with E-state index in [9.17, 15) is 9.59 Å². The van der Waals surface area contributed by atoms with Crippen molar-refractivity contribution in [2.24, 2.45) is 0 Å². The predicted octanol–water partition coefficient (Wildman–Crippen LogP) is 4.36. The van der Waals surface area contributed by atoms with E-state index in [1.165, 1.54) is 18.3 Å². The lowest BCUT2D eigenvalue weighted by Crippen LogP contribution is -2.14. The molecule has 8 heteroatoms. The summed E-state index contributed by atoms with van der Waals surface area (Å²) >= 11 is 2.91. The maximum Gasteiger partial charge on any atom is 0.267 e. The van der Waals surface area contributed by atoms with Gasteiger partial charge in [-0.05, 0) is 31.4 Å². The molecule has 0 atom stereocenters. The Hall–Kier alpha value is -2.71. The Morgan fingerprint density at radius 2 is 2.00 bits per heavy atom. The average Bonchev–Trinajstić information content (AvgIpc) is 3.33. The molecule has 4 rings (SSSR count). The molecule has 2 aromatic heterocycles. The maximum atomic E-state index is 12.8. The number of aryl methyl sites for hydroxylation is 1. The SMILES string of the molecule is CC(=O)c1cc2c(cc1NC(=O)c1sc(-c3cccs3)nc1C)OCO2. The monoisotopic (exact) mass is 386 g/mol. The van der Waals surface area contributed by atoms with E-state index in [2.05, 4.69) is 10.3 Å². The Morgan fingerprint density at radius 3 is 2.69 bits per heavy atom. The number of amides is 1. The van der Waals surface area contributed by atoms with Gasteiger partial charge in [-0.3, -0.25) is 9.59 Å². The molecule has 0 aliphatic carbocycles. The molecule has 0 unspecified atom stereocenters. The number of nitrogens with one attached hydrogen (secondary N) is 1. The highest BCUT2D eigenvalue weighted by molar-refractivity contribution is 7.22. The van der Waals surface area contributed by atoms with Gasteiger partial charge in [-0.25, -0.2) is 4.98 Å². The van der Waals surface area contributed by atoms with E-state index in [0.29, 0.717) is 33.3 Å². The summed E-state index contributed by atoms with van der Waals surface area (Å²) in [5, 5.41) is 5.59. The van der Waals surface area contributed by atoms with Crippen molar-refractivity contribution in [3.8, 4) is 21.4 Å². The minimum absolute atomic E-state index is 0.0994. The second-order valence-electron chi connectivity index (χ2n) is 5.67. The van der Waals surface area contributed by atoms with Crippen LogP contribution in [0.5, 0.6) is 11.5 Å². The van der Waals surface area contributed by atoms with Crippen LogP contribution in [0, 0.1) is 6.92 Å². The summed E-state index contributed by atoms with van der Waals surface area (Å²) in [6, 6.07) is 7.13. The van der Waals surface area contributed by atoms with Gasteiger partial charge in [-0.15, -0.1) is 22.7 Å². The van der Waals surface area contributed by atoms with Crippen LogP contribution in [0.3, 0.4) is 0 Å². The minimum atomic E-state index is -0.302. The number of hydrogen-bond acceptors (Lipinski definition) is 7. The Bertz CT molecular complexity index is 1010.